The molecule has 0 spiro atoms. The number of aliphatic hydroxyl groups excluding tert-OH is 1. The van der Waals surface area contributed by atoms with Gasteiger partial charge in [0, 0.05) is 16.3 Å². The number of nitrogens with one attached hydrogen (secondary N) is 1. The van der Waals surface area contributed by atoms with Crippen LogP contribution in [0.1, 0.15) is 15.3 Å². The molecule has 4 nitrogen and oxygen atoms in total. The van der Waals surface area contributed by atoms with E-state index in [0.29, 0.717) is 0 Å². The number of rotatable bonds is 4. The van der Waals surface area contributed by atoms with Gasteiger partial charge in [-0.3, -0.25) is 0 Å². The van der Waals surface area contributed by atoms with Crippen molar-refractivity contribution in [1.82, 2.24) is 10.2 Å². The molecule has 3 heterocycles. The molecule has 0 aliphatic rings. The van der Waals surface area contributed by atoms with Gasteiger partial charge >= 0.3 is 0 Å². The van der Waals surface area contributed by atoms with E-state index in [2.05, 4.69) is 27.0 Å². The quantitative estimate of drug-likeness (QED) is 0.775. The van der Waals surface area contributed by atoms with Gasteiger partial charge in [-0.1, -0.05) is 6.07 Å². The normalized spacial score (nSPS) is 11.1. The molecular weight excluding hydrogens is 278 g/mol. The van der Waals surface area contributed by atoms with Crippen molar-refractivity contribution in [3.63, 3.8) is 0 Å². The van der Waals surface area contributed by atoms with E-state index in [1.165, 1.54) is 4.88 Å². The largest absolute Gasteiger partial charge is 0.391 e. The molecule has 0 unspecified atom stereocenters. The van der Waals surface area contributed by atoms with Crippen LogP contribution in [0.4, 0.5) is 5.69 Å². The molecule has 3 aromatic rings. The first-order valence-electron chi connectivity index (χ1n) is 5.90. The molecule has 6 heteroatoms. The molecule has 0 atom stereocenters. The van der Waals surface area contributed by atoms with Crippen molar-refractivity contribution in [1.29, 1.82) is 0 Å². The van der Waals surface area contributed by atoms with Crippen LogP contribution in [0.15, 0.2) is 23.7 Å². The van der Waals surface area contributed by atoms with E-state index in [9.17, 15) is 5.11 Å². The number of hydrogen-bond donors (Lipinski definition) is 2. The smallest absolute Gasteiger partial charge is 0.109 e. The predicted molar refractivity (Wildman–Crippen MR) is 79.7 cm³/mol. The first kappa shape index (κ1) is 12.5. The highest BCUT2D eigenvalue weighted by molar-refractivity contribution is 7.19. The molecule has 98 valence electrons. The highest BCUT2D eigenvalue weighted by atomic mass is 32.1. The summed E-state index contributed by atoms with van der Waals surface area (Å²) in [4.78, 5) is 2.23. The molecular formula is C13H13N3OS2. The van der Waals surface area contributed by atoms with Crippen LogP contribution in [0.3, 0.4) is 0 Å². The van der Waals surface area contributed by atoms with E-state index in [4.69, 9.17) is 0 Å². The molecule has 0 bridgehead atoms. The zero-order valence-corrected chi connectivity index (χ0v) is 12.0. The number of fused-ring (bicyclic) bond motifs is 1. The van der Waals surface area contributed by atoms with Crippen LogP contribution in [0, 0.1) is 6.92 Å². The van der Waals surface area contributed by atoms with Gasteiger partial charge in [-0.15, -0.1) is 27.8 Å². The third-order valence-corrected chi connectivity index (χ3v) is 5.16. The van der Waals surface area contributed by atoms with Crippen molar-refractivity contribution in [2.24, 2.45) is 0 Å². The number of anilines is 1. The minimum atomic E-state index is 0.0528. The van der Waals surface area contributed by atoms with Crippen LogP contribution in [-0.2, 0) is 13.2 Å². The molecule has 0 radical (unpaired) electrons. The average molecular weight is 291 g/mol. The fraction of sp³-hybridized carbons (Fsp3) is 0.231. The van der Waals surface area contributed by atoms with Crippen molar-refractivity contribution in [3.05, 3.63) is 39.0 Å². The summed E-state index contributed by atoms with van der Waals surface area (Å²) < 4.78 is 1.06. The Morgan fingerprint density at radius 1 is 1.42 bits per heavy atom. The highest BCUT2D eigenvalue weighted by Gasteiger charge is 2.12. The average Bonchev–Trinajstić information content (AvgIpc) is 3.05. The van der Waals surface area contributed by atoms with E-state index >= 15 is 0 Å². The van der Waals surface area contributed by atoms with Crippen LogP contribution in [0.2, 0.25) is 0 Å². The molecule has 0 aromatic carbocycles. The van der Waals surface area contributed by atoms with Gasteiger partial charge in [0.05, 0.1) is 23.2 Å². The topological polar surface area (TPSA) is 58.0 Å². The predicted octanol–water partition coefficient (Wildman–Crippen LogP) is 3.17. The summed E-state index contributed by atoms with van der Waals surface area (Å²) in [5.74, 6) is 0. The van der Waals surface area contributed by atoms with Gasteiger partial charge in [-0.05, 0) is 23.9 Å². The van der Waals surface area contributed by atoms with Crippen LogP contribution >= 0.6 is 22.7 Å². The Morgan fingerprint density at radius 2 is 2.32 bits per heavy atom. The summed E-state index contributed by atoms with van der Waals surface area (Å²) in [6, 6.07) is 4.14. The standard InChI is InChI=1S/C13H13N3OS2/c1-8-11(7-17)19-13-10(6-15-16-12(8)13)14-5-9-3-2-4-18-9/h2-4,6,17H,5,7H2,1H3,(H,14,16). The minimum Gasteiger partial charge on any atom is -0.391 e. The highest BCUT2D eigenvalue weighted by Crippen LogP contribution is 2.34. The van der Waals surface area contributed by atoms with Gasteiger partial charge in [0.1, 0.15) is 5.52 Å². The second kappa shape index (κ2) is 5.24. The molecule has 3 aromatic heterocycles. The molecule has 19 heavy (non-hydrogen) atoms. The number of aromatic nitrogens is 2. The van der Waals surface area contributed by atoms with Crippen LogP contribution in [0.25, 0.3) is 10.2 Å². The Balaban J connectivity index is 1.94. The van der Waals surface area contributed by atoms with Crippen molar-refractivity contribution < 1.29 is 5.11 Å². The summed E-state index contributed by atoms with van der Waals surface area (Å²) in [5, 5.41) is 23.0. The van der Waals surface area contributed by atoms with Gasteiger partial charge in [0.15, 0.2) is 0 Å². The van der Waals surface area contributed by atoms with Crippen LogP contribution in [0.5, 0.6) is 0 Å². The first-order valence-corrected chi connectivity index (χ1v) is 7.60. The SMILES string of the molecule is Cc1c(CO)sc2c(NCc3cccs3)cnnc12. The molecule has 3 rings (SSSR count). The Morgan fingerprint density at radius 3 is 3.05 bits per heavy atom. The second-order valence-corrected chi connectivity index (χ2v) is 6.31. The van der Waals surface area contributed by atoms with Gasteiger partial charge in [-0.2, -0.15) is 5.10 Å². The summed E-state index contributed by atoms with van der Waals surface area (Å²) in [6.07, 6.45) is 1.74. The molecule has 0 aliphatic heterocycles. The number of nitrogens with zero attached hydrogens (tertiary/aromatic N) is 2. The van der Waals surface area contributed by atoms with Crippen molar-refractivity contribution in [2.75, 3.05) is 5.32 Å². The lowest BCUT2D eigenvalue weighted by Crippen LogP contribution is -1.98. The van der Waals surface area contributed by atoms with E-state index in [0.717, 1.165) is 32.9 Å². The molecule has 0 saturated carbocycles. The summed E-state index contributed by atoms with van der Waals surface area (Å²) >= 11 is 3.30. The maximum absolute atomic E-state index is 9.33. The maximum atomic E-state index is 9.33. The number of hydrogen-bond acceptors (Lipinski definition) is 6. The van der Waals surface area contributed by atoms with E-state index < -0.39 is 0 Å². The number of aryl methyl sites for hydroxylation is 1. The fourth-order valence-corrected chi connectivity index (χ4v) is 3.66. The van der Waals surface area contributed by atoms with Crippen LogP contribution < -0.4 is 5.32 Å². The van der Waals surface area contributed by atoms with Gasteiger partial charge < -0.3 is 10.4 Å². The summed E-state index contributed by atoms with van der Waals surface area (Å²) in [6.45, 7) is 2.81. The second-order valence-electron chi connectivity index (χ2n) is 4.18. The molecule has 0 fully saturated rings. The van der Waals surface area contributed by atoms with E-state index in [1.807, 2.05) is 13.0 Å². The summed E-state index contributed by atoms with van der Waals surface area (Å²) in [5.41, 5.74) is 2.88. The van der Waals surface area contributed by atoms with Crippen molar-refractivity contribution in [3.8, 4) is 0 Å². The van der Waals surface area contributed by atoms with E-state index in [-0.39, 0.29) is 6.61 Å². The third kappa shape index (κ3) is 2.34. The monoisotopic (exact) mass is 291 g/mol. The Bertz CT molecular complexity index is 691. The Kier molecular flexibility index (Phi) is 3.46. The molecule has 0 aliphatic carbocycles. The molecule has 0 saturated heterocycles. The van der Waals surface area contributed by atoms with Gasteiger partial charge in [0.2, 0.25) is 0 Å². The zero-order valence-electron chi connectivity index (χ0n) is 10.4. The molecule has 0 amide bonds. The lowest BCUT2D eigenvalue weighted by atomic mass is 10.2. The lowest BCUT2D eigenvalue weighted by Gasteiger charge is -2.04. The first-order chi connectivity index (χ1) is 9.29. The minimum absolute atomic E-state index is 0.0528. The van der Waals surface area contributed by atoms with Crippen LogP contribution in [-0.4, -0.2) is 15.3 Å². The molecule has 2 N–H and O–H groups in total. The zero-order chi connectivity index (χ0) is 13.2. The Hall–Kier alpha value is -1.50. The van der Waals surface area contributed by atoms with Gasteiger partial charge in [-0.25, -0.2) is 0 Å². The van der Waals surface area contributed by atoms with E-state index in [1.54, 1.807) is 28.9 Å². The summed E-state index contributed by atoms with van der Waals surface area (Å²) in [7, 11) is 0. The lowest BCUT2D eigenvalue weighted by molar-refractivity contribution is 0.285. The van der Waals surface area contributed by atoms with Crippen molar-refractivity contribution >= 4 is 38.6 Å². The third-order valence-electron chi connectivity index (χ3n) is 2.98. The van der Waals surface area contributed by atoms with Gasteiger partial charge in [0.25, 0.3) is 0 Å². The number of thiophene rings is 2. The maximum Gasteiger partial charge on any atom is 0.109 e. The number of aliphatic hydroxyl groups is 1. The fourth-order valence-electron chi connectivity index (χ4n) is 1.93. The Labute approximate surface area is 118 Å². The van der Waals surface area contributed by atoms with Crippen molar-refractivity contribution in [2.45, 2.75) is 20.1 Å².